The van der Waals surface area contributed by atoms with Gasteiger partial charge in [-0.1, -0.05) is 69.2 Å². The van der Waals surface area contributed by atoms with Crippen molar-refractivity contribution < 1.29 is 23.5 Å². The standard InChI is InChI=1S/C33H39ClN2O6/c1-3-5-6-7-8-9-10-11-31(37)35(16-4-2)21-32(38)36(19-24-12-14-29-30(17-24)42-23-41-29)20-25-22-40-28-15-13-26(34)18-27(28)33(25)39/h4,12-15,17-18,22H,2-3,5-11,16,19-21,23H2,1H3. The van der Waals surface area contributed by atoms with Crippen molar-refractivity contribution >= 4 is 34.4 Å². The van der Waals surface area contributed by atoms with Gasteiger partial charge in [-0.2, -0.15) is 0 Å². The first-order valence-corrected chi connectivity index (χ1v) is 15.0. The van der Waals surface area contributed by atoms with E-state index in [4.69, 9.17) is 25.5 Å². The molecule has 4 rings (SSSR count). The number of benzene rings is 2. The first-order valence-electron chi connectivity index (χ1n) is 14.6. The molecular weight excluding hydrogens is 556 g/mol. The summed E-state index contributed by atoms with van der Waals surface area (Å²) in [6, 6.07) is 10.3. The zero-order chi connectivity index (χ0) is 29.9. The van der Waals surface area contributed by atoms with E-state index in [1.54, 1.807) is 35.2 Å². The van der Waals surface area contributed by atoms with Crippen LogP contribution < -0.4 is 14.9 Å². The third kappa shape index (κ3) is 8.38. The fourth-order valence-corrected chi connectivity index (χ4v) is 5.19. The maximum absolute atomic E-state index is 13.8. The Morgan fingerprint density at radius 3 is 2.48 bits per heavy atom. The first-order chi connectivity index (χ1) is 20.4. The number of ether oxygens (including phenoxy) is 2. The number of halogens is 1. The Labute approximate surface area is 251 Å². The summed E-state index contributed by atoms with van der Waals surface area (Å²) < 4.78 is 16.6. The van der Waals surface area contributed by atoms with Crippen molar-refractivity contribution in [2.45, 2.75) is 71.4 Å². The molecule has 3 aromatic rings. The molecule has 0 radical (unpaired) electrons. The molecule has 2 aromatic carbocycles. The van der Waals surface area contributed by atoms with Gasteiger partial charge < -0.3 is 23.7 Å². The maximum Gasteiger partial charge on any atom is 0.242 e. The molecule has 0 fully saturated rings. The quantitative estimate of drug-likeness (QED) is 0.133. The van der Waals surface area contributed by atoms with Crippen molar-refractivity contribution in [2.24, 2.45) is 0 Å². The molecule has 224 valence electrons. The van der Waals surface area contributed by atoms with E-state index in [9.17, 15) is 14.4 Å². The van der Waals surface area contributed by atoms with Gasteiger partial charge >= 0.3 is 0 Å². The molecular formula is C33H39ClN2O6. The Kier molecular flexibility index (Phi) is 11.5. The van der Waals surface area contributed by atoms with Crippen molar-refractivity contribution in [1.82, 2.24) is 9.80 Å². The number of nitrogens with zero attached hydrogens (tertiary/aromatic N) is 2. The summed E-state index contributed by atoms with van der Waals surface area (Å²) in [4.78, 5) is 43.3. The van der Waals surface area contributed by atoms with E-state index in [0.29, 0.717) is 39.5 Å². The molecule has 0 bridgehead atoms. The van der Waals surface area contributed by atoms with Gasteiger partial charge in [0.15, 0.2) is 16.9 Å². The number of hydrogen-bond acceptors (Lipinski definition) is 6. The lowest BCUT2D eigenvalue weighted by molar-refractivity contribution is -0.140. The number of hydrogen-bond donors (Lipinski definition) is 0. The minimum Gasteiger partial charge on any atom is -0.464 e. The second-order valence-corrected chi connectivity index (χ2v) is 11.0. The molecule has 0 saturated carbocycles. The van der Waals surface area contributed by atoms with Crippen LogP contribution in [0.5, 0.6) is 11.5 Å². The van der Waals surface area contributed by atoms with Crippen LogP contribution in [0.2, 0.25) is 5.02 Å². The average molecular weight is 595 g/mol. The molecule has 42 heavy (non-hydrogen) atoms. The Morgan fingerprint density at radius 2 is 1.69 bits per heavy atom. The average Bonchev–Trinajstić information content (AvgIpc) is 3.45. The van der Waals surface area contributed by atoms with E-state index >= 15 is 0 Å². The lowest BCUT2D eigenvalue weighted by Gasteiger charge is -2.27. The van der Waals surface area contributed by atoms with Crippen LogP contribution in [0.1, 0.15) is 69.4 Å². The van der Waals surface area contributed by atoms with Crippen LogP contribution in [0.15, 0.2) is 64.5 Å². The summed E-state index contributed by atoms with van der Waals surface area (Å²) in [5.41, 5.74) is 1.25. The second kappa shape index (κ2) is 15.4. The molecule has 0 saturated heterocycles. The second-order valence-electron chi connectivity index (χ2n) is 10.6. The monoisotopic (exact) mass is 594 g/mol. The highest BCUT2D eigenvalue weighted by Gasteiger charge is 2.23. The molecule has 9 heteroatoms. The van der Waals surface area contributed by atoms with Gasteiger partial charge in [0.1, 0.15) is 12.1 Å². The smallest absolute Gasteiger partial charge is 0.242 e. The molecule has 2 heterocycles. The highest BCUT2D eigenvalue weighted by molar-refractivity contribution is 6.31. The van der Waals surface area contributed by atoms with Gasteiger partial charge in [-0.3, -0.25) is 14.4 Å². The van der Waals surface area contributed by atoms with Crippen LogP contribution in [0, 0.1) is 0 Å². The molecule has 8 nitrogen and oxygen atoms in total. The molecule has 0 atom stereocenters. The zero-order valence-corrected chi connectivity index (χ0v) is 25.0. The zero-order valence-electron chi connectivity index (χ0n) is 24.2. The first kappa shape index (κ1) is 31.2. The summed E-state index contributed by atoms with van der Waals surface area (Å²) in [6.45, 7) is 6.42. The van der Waals surface area contributed by atoms with Crippen molar-refractivity contribution in [2.75, 3.05) is 19.9 Å². The molecule has 1 aromatic heterocycles. The van der Waals surface area contributed by atoms with Gasteiger partial charge in [0.2, 0.25) is 18.6 Å². The highest BCUT2D eigenvalue weighted by atomic mass is 35.5. The topological polar surface area (TPSA) is 89.3 Å². The normalized spacial score (nSPS) is 12.0. The molecule has 2 amide bonds. The predicted octanol–water partition coefficient (Wildman–Crippen LogP) is 6.86. The van der Waals surface area contributed by atoms with Crippen LogP contribution in [0.3, 0.4) is 0 Å². The molecule has 0 N–H and O–H groups in total. The summed E-state index contributed by atoms with van der Waals surface area (Å²) >= 11 is 6.13. The summed E-state index contributed by atoms with van der Waals surface area (Å²) in [7, 11) is 0. The molecule has 0 spiro atoms. The lowest BCUT2D eigenvalue weighted by Crippen LogP contribution is -2.43. The van der Waals surface area contributed by atoms with Crippen LogP contribution in [-0.4, -0.2) is 41.5 Å². The highest BCUT2D eigenvalue weighted by Crippen LogP contribution is 2.33. The van der Waals surface area contributed by atoms with E-state index in [0.717, 1.165) is 24.8 Å². The van der Waals surface area contributed by atoms with Crippen LogP contribution in [0.25, 0.3) is 11.0 Å². The molecule has 1 aliphatic heterocycles. The van der Waals surface area contributed by atoms with E-state index in [-0.39, 0.29) is 50.2 Å². The van der Waals surface area contributed by atoms with Crippen molar-refractivity contribution in [3.63, 3.8) is 0 Å². The lowest BCUT2D eigenvalue weighted by atomic mass is 10.1. The third-order valence-corrected chi connectivity index (χ3v) is 7.59. The van der Waals surface area contributed by atoms with Gasteiger partial charge in [-0.05, 0) is 42.3 Å². The van der Waals surface area contributed by atoms with Gasteiger partial charge in [0.05, 0.1) is 23.8 Å². The van der Waals surface area contributed by atoms with E-state index in [1.165, 1.54) is 36.8 Å². The Morgan fingerprint density at radius 1 is 0.929 bits per heavy atom. The molecule has 1 aliphatic rings. The summed E-state index contributed by atoms with van der Waals surface area (Å²) in [5.74, 6) is 0.849. The number of rotatable bonds is 16. The SMILES string of the molecule is C=CCN(CC(=O)N(Cc1ccc2c(c1)OCO2)Cc1coc2ccc(Cl)cc2c1=O)C(=O)CCCCCCCCC. The fraction of sp³-hybridized carbons (Fsp3) is 0.424. The van der Waals surface area contributed by atoms with Crippen LogP contribution in [-0.2, 0) is 22.7 Å². The Bertz CT molecular complexity index is 1450. The Hall–Kier alpha value is -3.78. The van der Waals surface area contributed by atoms with Crippen LogP contribution in [0.4, 0.5) is 0 Å². The van der Waals surface area contributed by atoms with Crippen LogP contribution >= 0.6 is 11.6 Å². The largest absolute Gasteiger partial charge is 0.464 e. The number of fused-ring (bicyclic) bond motifs is 2. The number of carbonyl (C=O) groups excluding carboxylic acids is 2. The third-order valence-electron chi connectivity index (χ3n) is 7.35. The van der Waals surface area contributed by atoms with Gasteiger partial charge in [0.25, 0.3) is 0 Å². The minimum atomic E-state index is -0.298. The summed E-state index contributed by atoms with van der Waals surface area (Å²) in [6.07, 6.45) is 11.1. The summed E-state index contributed by atoms with van der Waals surface area (Å²) in [5, 5.41) is 0.758. The molecule has 0 unspecified atom stereocenters. The fourth-order valence-electron chi connectivity index (χ4n) is 5.02. The van der Waals surface area contributed by atoms with Gasteiger partial charge in [-0.25, -0.2) is 0 Å². The predicted molar refractivity (Wildman–Crippen MR) is 164 cm³/mol. The van der Waals surface area contributed by atoms with Gasteiger partial charge in [-0.15, -0.1) is 6.58 Å². The minimum absolute atomic E-state index is 0.00799. The van der Waals surface area contributed by atoms with E-state index in [2.05, 4.69) is 13.5 Å². The van der Waals surface area contributed by atoms with Crippen molar-refractivity contribution in [3.05, 3.63) is 81.7 Å². The molecule has 0 aliphatic carbocycles. The van der Waals surface area contributed by atoms with Crippen molar-refractivity contribution in [1.29, 1.82) is 0 Å². The van der Waals surface area contributed by atoms with E-state index < -0.39 is 0 Å². The maximum atomic E-state index is 13.8. The number of carbonyl (C=O) groups is 2. The number of unbranched alkanes of at least 4 members (excludes halogenated alkanes) is 6. The number of amides is 2. The van der Waals surface area contributed by atoms with E-state index in [1.807, 2.05) is 12.1 Å². The van der Waals surface area contributed by atoms with Gasteiger partial charge in [0, 0.05) is 24.5 Å². The Balaban J connectivity index is 1.50. The van der Waals surface area contributed by atoms with Crippen molar-refractivity contribution in [3.8, 4) is 11.5 Å².